The lowest BCUT2D eigenvalue weighted by Gasteiger charge is -2.18. The third-order valence-electron chi connectivity index (χ3n) is 5.27. The maximum Gasteiger partial charge on any atom is 0.324 e. The number of carbonyl (C=O) groups is 3. The van der Waals surface area contributed by atoms with Crippen LogP contribution in [0.1, 0.15) is 25.6 Å². The maximum atomic E-state index is 13.4. The summed E-state index contributed by atoms with van der Waals surface area (Å²) in [6, 6.07) is 14.4. The molecule has 0 fully saturated rings. The molecule has 2 aromatic carbocycles. The Labute approximate surface area is 211 Å². The van der Waals surface area contributed by atoms with Gasteiger partial charge in [0.25, 0.3) is 17.7 Å². The number of nitro groups is 1. The van der Waals surface area contributed by atoms with Gasteiger partial charge in [0, 0.05) is 6.07 Å². The zero-order valence-corrected chi connectivity index (χ0v) is 20.1. The van der Waals surface area contributed by atoms with Crippen LogP contribution in [-0.2, 0) is 4.79 Å². The molecule has 3 heterocycles. The number of benzene rings is 2. The van der Waals surface area contributed by atoms with E-state index >= 15 is 0 Å². The summed E-state index contributed by atoms with van der Waals surface area (Å²) in [6.07, 6.45) is 1.30. The number of thiophene rings is 1. The average Bonchev–Trinajstić information content (AvgIpc) is 3.58. The number of imide groups is 1. The highest BCUT2D eigenvalue weighted by Crippen LogP contribution is 2.32. The SMILES string of the molecule is COc1ccc2nc(N(/N=C/c3ccc([N+](=O)[O-])s3)C(=O)CN3C(=O)c4ccccc4C3=O)sc2c1. The van der Waals surface area contributed by atoms with Crippen LogP contribution in [0.3, 0.4) is 0 Å². The first-order chi connectivity index (χ1) is 17.4. The number of ether oxygens (including phenoxy) is 1. The minimum atomic E-state index is -0.683. The zero-order valence-electron chi connectivity index (χ0n) is 18.5. The molecule has 4 aromatic rings. The van der Waals surface area contributed by atoms with Gasteiger partial charge in [0.05, 0.1) is 44.5 Å². The molecule has 2 aromatic heterocycles. The number of carbonyl (C=O) groups excluding carboxylic acids is 3. The largest absolute Gasteiger partial charge is 0.497 e. The molecule has 180 valence electrons. The summed E-state index contributed by atoms with van der Waals surface area (Å²) < 4.78 is 5.97. The van der Waals surface area contributed by atoms with Crippen molar-refractivity contribution in [1.82, 2.24) is 9.88 Å². The molecule has 11 nitrogen and oxygen atoms in total. The second kappa shape index (κ2) is 9.28. The second-order valence-electron chi connectivity index (χ2n) is 7.46. The molecule has 0 spiro atoms. The van der Waals surface area contributed by atoms with Gasteiger partial charge in [-0.15, -0.1) is 0 Å². The number of rotatable bonds is 7. The summed E-state index contributed by atoms with van der Waals surface area (Å²) >= 11 is 2.05. The minimum absolute atomic E-state index is 0.0765. The maximum absolute atomic E-state index is 13.4. The number of aromatic nitrogens is 1. The molecule has 0 atom stereocenters. The summed E-state index contributed by atoms with van der Waals surface area (Å²) in [4.78, 5) is 55.2. The van der Waals surface area contributed by atoms with Crippen molar-refractivity contribution in [3.05, 3.63) is 80.7 Å². The topological polar surface area (TPSA) is 135 Å². The molecule has 0 saturated carbocycles. The first kappa shape index (κ1) is 23.3. The summed E-state index contributed by atoms with van der Waals surface area (Å²) in [6.45, 7) is -0.562. The molecule has 13 heteroatoms. The highest BCUT2D eigenvalue weighted by atomic mass is 32.1. The molecule has 5 rings (SSSR count). The Bertz CT molecular complexity index is 1540. The van der Waals surface area contributed by atoms with Gasteiger partial charge in [-0.25, -0.2) is 4.98 Å². The highest BCUT2D eigenvalue weighted by Gasteiger charge is 2.37. The lowest BCUT2D eigenvalue weighted by atomic mass is 10.1. The van der Waals surface area contributed by atoms with Crippen LogP contribution in [0, 0.1) is 10.1 Å². The number of thiazole rings is 1. The number of anilines is 1. The Morgan fingerprint density at radius 3 is 2.50 bits per heavy atom. The third kappa shape index (κ3) is 4.21. The van der Waals surface area contributed by atoms with Crippen molar-refractivity contribution in [2.24, 2.45) is 5.10 Å². The quantitative estimate of drug-likeness (QED) is 0.156. The van der Waals surface area contributed by atoms with E-state index in [9.17, 15) is 24.5 Å². The standard InChI is InChI=1S/C23H15N5O6S2/c1-34-13-6-8-17-18(10-13)36-23(25-17)27(24-11-14-7-9-20(35-14)28(32)33)19(29)12-26-21(30)15-4-2-3-5-16(15)22(26)31/h2-11H,12H2,1H3/b24-11+. The molecule has 3 amide bonds. The van der Waals surface area contributed by atoms with Gasteiger partial charge in [-0.2, -0.15) is 10.1 Å². The van der Waals surface area contributed by atoms with Gasteiger partial charge in [-0.3, -0.25) is 29.4 Å². The third-order valence-corrected chi connectivity index (χ3v) is 7.23. The predicted octanol–water partition coefficient (Wildman–Crippen LogP) is 3.94. The van der Waals surface area contributed by atoms with Gasteiger partial charge in [0.1, 0.15) is 12.3 Å². The molecule has 0 N–H and O–H groups in total. The van der Waals surface area contributed by atoms with Crippen molar-refractivity contribution in [1.29, 1.82) is 0 Å². The number of methoxy groups -OCH3 is 1. The summed E-state index contributed by atoms with van der Waals surface area (Å²) in [5.74, 6) is -1.22. The van der Waals surface area contributed by atoms with E-state index in [0.29, 0.717) is 16.1 Å². The predicted molar refractivity (Wildman–Crippen MR) is 134 cm³/mol. The summed E-state index contributed by atoms with van der Waals surface area (Å²) in [7, 11) is 1.53. The monoisotopic (exact) mass is 521 g/mol. The van der Waals surface area contributed by atoms with Crippen LogP contribution in [0.25, 0.3) is 10.2 Å². The second-order valence-corrected chi connectivity index (χ2v) is 9.56. The Balaban J connectivity index is 1.48. The summed E-state index contributed by atoms with van der Waals surface area (Å²) in [5, 5.41) is 16.3. The van der Waals surface area contributed by atoms with E-state index in [0.717, 1.165) is 37.3 Å². The molecule has 36 heavy (non-hydrogen) atoms. The number of fused-ring (bicyclic) bond motifs is 2. The van der Waals surface area contributed by atoms with Crippen molar-refractivity contribution in [2.75, 3.05) is 18.7 Å². The Kier molecular flexibility index (Phi) is 6.00. The van der Waals surface area contributed by atoms with Crippen LogP contribution in [0.15, 0.2) is 59.7 Å². The normalized spacial score (nSPS) is 13.0. The van der Waals surface area contributed by atoms with Crippen LogP contribution in [0.2, 0.25) is 0 Å². The molecular weight excluding hydrogens is 506 g/mol. The minimum Gasteiger partial charge on any atom is -0.497 e. The molecule has 0 aliphatic carbocycles. The van der Waals surface area contributed by atoms with Crippen molar-refractivity contribution in [3.63, 3.8) is 0 Å². The van der Waals surface area contributed by atoms with Crippen molar-refractivity contribution >= 4 is 67.0 Å². The lowest BCUT2D eigenvalue weighted by Crippen LogP contribution is -2.41. The van der Waals surface area contributed by atoms with Crippen LogP contribution < -0.4 is 9.75 Å². The van der Waals surface area contributed by atoms with Gasteiger partial charge in [-0.1, -0.05) is 34.8 Å². The fourth-order valence-corrected chi connectivity index (χ4v) is 5.20. The number of hydrazone groups is 1. The van der Waals surface area contributed by atoms with Gasteiger partial charge >= 0.3 is 5.00 Å². The van der Waals surface area contributed by atoms with E-state index in [1.165, 1.54) is 37.6 Å². The Morgan fingerprint density at radius 2 is 1.86 bits per heavy atom. The van der Waals surface area contributed by atoms with Gasteiger partial charge in [-0.05, 0) is 36.4 Å². The van der Waals surface area contributed by atoms with E-state index in [4.69, 9.17) is 4.74 Å². The average molecular weight is 522 g/mol. The van der Waals surface area contributed by atoms with E-state index in [2.05, 4.69) is 10.1 Å². The number of amides is 3. The summed E-state index contributed by atoms with van der Waals surface area (Å²) in [5.41, 5.74) is 1.04. The molecule has 0 saturated heterocycles. The van der Waals surface area contributed by atoms with Crippen LogP contribution in [0.5, 0.6) is 5.75 Å². The molecule has 1 aliphatic rings. The lowest BCUT2D eigenvalue weighted by molar-refractivity contribution is -0.380. The van der Waals surface area contributed by atoms with E-state index in [1.807, 2.05) is 0 Å². The van der Waals surface area contributed by atoms with Crippen LogP contribution in [0.4, 0.5) is 10.1 Å². The highest BCUT2D eigenvalue weighted by molar-refractivity contribution is 7.22. The molecule has 0 bridgehead atoms. The molecular formula is C23H15N5O6S2. The number of hydrogen-bond donors (Lipinski definition) is 0. The Hall–Kier alpha value is -4.49. The fourth-order valence-electron chi connectivity index (χ4n) is 3.54. The van der Waals surface area contributed by atoms with Crippen LogP contribution >= 0.6 is 22.7 Å². The van der Waals surface area contributed by atoms with E-state index in [1.54, 1.807) is 30.3 Å². The van der Waals surface area contributed by atoms with Crippen LogP contribution in [-0.4, -0.2) is 52.4 Å². The smallest absolute Gasteiger partial charge is 0.324 e. The van der Waals surface area contributed by atoms with Gasteiger partial charge < -0.3 is 4.74 Å². The van der Waals surface area contributed by atoms with Gasteiger partial charge in [0.15, 0.2) is 0 Å². The molecule has 0 unspecified atom stereocenters. The molecule has 0 radical (unpaired) electrons. The molecule has 1 aliphatic heterocycles. The van der Waals surface area contributed by atoms with Gasteiger partial charge in [0.2, 0.25) is 5.13 Å². The zero-order chi connectivity index (χ0) is 25.4. The van der Waals surface area contributed by atoms with Crippen molar-refractivity contribution in [2.45, 2.75) is 0 Å². The number of hydrogen-bond acceptors (Lipinski definition) is 10. The Morgan fingerprint density at radius 1 is 1.14 bits per heavy atom. The van der Waals surface area contributed by atoms with E-state index in [-0.39, 0.29) is 21.3 Å². The van der Waals surface area contributed by atoms with E-state index < -0.39 is 29.2 Å². The van der Waals surface area contributed by atoms with Crippen molar-refractivity contribution in [3.8, 4) is 5.75 Å². The fraction of sp³-hybridized carbons (Fsp3) is 0.0870. The van der Waals surface area contributed by atoms with Crippen molar-refractivity contribution < 1.29 is 24.0 Å². The number of nitrogens with zero attached hydrogens (tertiary/aromatic N) is 5. The first-order valence-corrected chi connectivity index (χ1v) is 12.0. The first-order valence-electron chi connectivity index (χ1n) is 10.4.